The van der Waals surface area contributed by atoms with E-state index >= 15 is 0 Å². The van der Waals surface area contributed by atoms with Gasteiger partial charge in [0.1, 0.15) is 5.75 Å². The molecule has 2 aromatic carbocycles. The molecule has 23 heavy (non-hydrogen) atoms. The van der Waals surface area contributed by atoms with Gasteiger partial charge in [-0.2, -0.15) is 0 Å². The Morgan fingerprint density at radius 1 is 1.00 bits per heavy atom. The summed E-state index contributed by atoms with van der Waals surface area (Å²) >= 11 is 0. The van der Waals surface area contributed by atoms with Crippen LogP contribution in [0.4, 0.5) is 0 Å². The van der Waals surface area contributed by atoms with Gasteiger partial charge in [0.05, 0.1) is 0 Å². The van der Waals surface area contributed by atoms with Crippen LogP contribution in [0.25, 0.3) is 0 Å². The number of ketones is 1. The first-order chi connectivity index (χ1) is 11.0. The molecular formula is C19H20O4. The average molecular weight is 312 g/mol. The van der Waals surface area contributed by atoms with Crippen molar-refractivity contribution in [3.63, 3.8) is 0 Å². The lowest BCUT2D eigenvalue weighted by Gasteiger charge is -2.13. The van der Waals surface area contributed by atoms with Crippen LogP contribution in [0, 0.1) is 13.8 Å². The molecule has 0 N–H and O–H groups in total. The molecule has 120 valence electrons. The molecule has 0 aliphatic heterocycles. The highest BCUT2D eigenvalue weighted by atomic mass is 16.6. The number of Topliss-reactive ketones (excluding diaryl/α,β-unsaturated/α-hetero) is 1. The third-order valence-electron chi connectivity index (χ3n) is 3.57. The quantitative estimate of drug-likeness (QED) is 0.605. The van der Waals surface area contributed by atoms with Crippen LogP contribution in [0.15, 0.2) is 48.5 Å². The van der Waals surface area contributed by atoms with Crippen LogP contribution in [0.3, 0.4) is 0 Å². The number of esters is 1. The minimum absolute atomic E-state index is 0.227. The van der Waals surface area contributed by atoms with E-state index in [1.54, 1.807) is 37.3 Å². The molecule has 0 aliphatic rings. The molecule has 2 aromatic rings. The average Bonchev–Trinajstić information content (AvgIpc) is 2.56. The summed E-state index contributed by atoms with van der Waals surface area (Å²) in [5.74, 6) is -0.197. The third-order valence-corrected chi connectivity index (χ3v) is 3.57. The molecule has 4 heteroatoms. The van der Waals surface area contributed by atoms with Crippen LogP contribution in [-0.4, -0.2) is 24.5 Å². The normalized spacial score (nSPS) is 11.6. The molecule has 0 aromatic heterocycles. The van der Waals surface area contributed by atoms with Crippen LogP contribution in [-0.2, 0) is 9.53 Å². The van der Waals surface area contributed by atoms with Crippen molar-refractivity contribution in [3.05, 3.63) is 65.2 Å². The van der Waals surface area contributed by atoms with Crippen molar-refractivity contribution in [2.24, 2.45) is 0 Å². The SMILES string of the molecule is Cc1ccc(OCC(=O)O[C@H](C)C(=O)c2ccccc2)cc1C. The maximum absolute atomic E-state index is 12.1. The molecule has 0 saturated heterocycles. The topological polar surface area (TPSA) is 52.6 Å². The van der Waals surface area contributed by atoms with Gasteiger partial charge in [-0.05, 0) is 44.0 Å². The van der Waals surface area contributed by atoms with Crippen molar-refractivity contribution < 1.29 is 19.1 Å². The number of aryl methyl sites for hydroxylation is 2. The molecule has 0 spiro atoms. The van der Waals surface area contributed by atoms with E-state index in [1.807, 2.05) is 32.0 Å². The second-order valence-corrected chi connectivity index (χ2v) is 5.40. The standard InChI is InChI=1S/C19H20O4/c1-13-9-10-17(11-14(13)2)22-12-18(20)23-15(3)19(21)16-7-5-4-6-8-16/h4-11,15H,12H2,1-3H3/t15-/m1/s1. The van der Waals surface area contributed by atoms with Crippen molar-refractivity contribution in [2.75, 3.05) is 6.61 Å². The molecule has 2 rings (SSSR count). The summed E-state index contributed by atoms with van der Waals surface area (Å²) in [5, 5.41) is 0. The van der Waals surface area contributed by atoms with E-state index in [9.17, 15) is 9.59 Å². The molecule has 1 atom stereocenters. The summed E-state index contributed by atoms with van der Waals surface area (Å²) < 4.78 is 10.5. The molecule has 4 nitrogen and oxygen atoms in total. The van der Waals surface area contributed by atoms with Crippen molar-refractivity contribution >= 4 is 11.8 Å². The second kappa shape index (κ2) is 7.58. The Labute approximate surface area is 136 Å². The molecular weight excluding hydrogens is 292 g/mol. The van der Waals surface area contributed by atoms with E-state index in [0.717, 1.165) is 11.1 Å². The van der Waals surface area contributed by atoms with E-state index in [2.05, 4.69) is 0 Å². The Kier molecular flexibility index (Phi) is 5.52. The fourth-order valence-corrected chi connectivity index (χ4v) is 2.07. The minimum atomic E-state index is -0.840. The lowest BCUT2D eigenvalue weighted by molar-refractivity contribution is -0.148. The zero-order valence-corrected chi connectivity index (χ0v) is 13.5. The molecule has 0 saturated carbocycles. The van der Waals surface area contributed by atoms with Gasteiger partial charge in [0.2, 0.25) is 5.78 Å². The minimum Gasteiger partial charge on any atom is -0.482 e. The maximum atomic E-state index is 12.1. The van der Waals surface area contributed by atoms with E-state index < -0.39 is 12.1 Å². The molecule has 0 bridgehead atoms. The second-order valence-electron chi connectivity index (χ2n) is 5.40. The highest BCUT2D eigenvalue weighted by Gasteiger charge is 2.19. The number of rotatable bonds is 6. The fourth-order valence-electron chi connectivity index (χ4n) is 2.07. The number of carbonyl (C=O) groups excluding carboxylic acids is 2. The highest BCUT2D eigenvalue weighted by molar-refractivity contribution is 6.00. The molecule has 0 fully saturated rings. The molecule has 0 heterocycles. The van der Waals surface area contributed by atoms with Gasteiger partial charge in [-0.15, -0.1) is 0 Å². The first-order valence-electron chi connectivity index (χ1n) is 7.46. The largest absolute Gasteiger partial charge is 0.482 e. The van der Waals surface area contributed by atoms with Gasteiger partial charge in [-0.1, -0.05) is 36.4 Å². The zero-order chi connectivity index (χ0) is 16.8. The Bertz CT molecular complexity index is 692. The van der Waals surface area contributed by atoms with Gasteiger partial charge >= 0.3 is 5.97 Å². The predicted molar refractivity (Wildman–Crippen MR) is 87.7 cm³/mol. The van der Waals surface area contributed by atoms with E-state index in [1.165, 1.54) is 0 Å². The third kappa shape index (κ3) is 4.68. The van der Waals surface area contributed by atoms with Gasteiger partial charge in [0.25, 0.3) is 0 Å². The van der Waals surface area contributed by atoms with Gasteiger partial charge in [-0.25, -0.2) is 4.79 Å². The van der Waals surface area contributed by atoms with Gasteiger partial charge in [0, 0.05) is 5.56 Å². The van der Waals surface area contributed by atoms with E-state index in [-0.39, 0.29) is 12.4 Å². The van der Waals surface area contributed by atoms with Gasteiger partial charge in [0.15, 0.2) is 12.7 Å². The predicted octanol–water partition coefficient (Wildman–Crippen LogP) is 3.50. The lowest BCUT2D eigenvalue weighted by Crippen LogP contribution is -2.27. The summed E-state index contributed by atoms with van der Waals surface area (Å²) in [6.07, 6.45) is -0.840. The Hall–Kier alpha value is -2.62. The zero-order valence-electron chi connectivity index (χ0n) is 13.5. The summed E-state index contributed by atoms with van der Waals surface area (Å²) in [7, 11) is 0. The van der Waals surface area contributed by atoms with Crippen LogP contribution in [0.1, 0.15) is 28.4 Å². The van der Waals surface area contributed by atoms with Crippen molar-refractivity contribution in [2.45, 2.75) is 26.9 Å². The van der Waals surface area contributed by atoms with Crippen LogP contribution >= 0.6 is 0 Å². The van der Waals surface area contributed by atoms with Crippen molar-refractivity contribution in [1.29, 1.82) is 0 Å². The summed E-state index contributed by atoms with van der Waals surface area (Å²) in [4.78, 5) is 23.9. The van der Waals surface area contributed by atoms with Crippen molar-refractivity contribution in [1.82, 2.24) is 0 Å². The monoisotopic (exact) mass is 312 g/mol. The smallest absolute Gasteiger partial charge is 0.344 e. The maximum Gasteiger partial charge on any atom is 0.344 e. The number of benzene rings is 2. The molecule has 0 unspecified atom stereocenters. The van der Waals surface area contributed by atoms with E-state index in [4.69, 9.17) is 9.47 Å². The highest BCUT2D eigenvalue weighted by Crippen LogP contribution is 2.16. The van der Waals surface area contributed by atoms with E-state index in [0.29, 0.717) is 11.3 Å². The van der Waals surface area contributed by atoms with Crippen LogP contribution < -0.4 is 4.74 Å². The lowest BCUT2D eigenvalue weighted by atomic mass is 10.1. The first kappa shape index (κ1) is 16.7. The van der Waals surface area contributed by atoms with Gasteiger partial charge < -0.3 is 9.47 Å². The summed E-state index contributed by atoms with van der Waals surface area (Å²) in [6.45, 7) is 5.31. The number of carbonyl (C=O) groups is 2. The fraction of sp³-hybridized carbons (Fsp3) is 0.263. The number of hydrogen-bond donors (Lipinski definition) is 0. The Morgan fingerprint density at radius 2 is 1.70 bits per heavy atom. The summed E-state index contributed by atoms with van der Waals surface area (Å²) in [5.41, 5.74) is 2.76. The Morgan fingerprint density at radius 3 is 2.35 bits per heavy atom. The number of hydrogen-bond acceptors (Lipinski definition) is 4. The first-order valence-corrected chi connectivity index (χ1v) is 7.46. The Balaban J connectivity index is 1.86. The van der Waals surface area contributed by atoms with Crippen LogP contribution in [0.5, 0.6) is 5.75 Å². The molecule has 0 aliphatic carbocycles. The molecule has 0 amide bonds. The number of ether oxygens (including phenoxy) is 2. The van der Waals surface area contributed by atoms with Crippen molar-refractivity contribution in [3.8, 4) is 5.75 Å². The molecule has 0 radical (unpaired) electrons. The van der Waals surface area contributed by atoms with Gasteiger partial charge in [-0.3, -0.25) is 4.79 Å². The van der Waals surface area contributed by atoms with Crippen LogP contribution in [0.2, 0.25) is 0 Å². The summed E-state index contributed by atoms with van der Waals surface area (Å²) in [6, 6.07) is 14.3.